The number of hydrogen-bond acceptors (Lipinski definition) is 4. The van der Waals surface area contributed by atoms with Crippen LogP contribution in [-0.4, -0.2) is 57.0 Å². The molecule has 1 N–H and O–H groups in total. The molecular weight excluding hydrogens is 372 g/mol. The van der Waals surface area contributed by atoms with Crippen LogP contribution in [0.25, 0.3) is 5.69 Å². The number of benzene rings is 2. The van der Waals surface area contributed by atoms with Crippen LogP contribution in [0, 0.1) is 13.8 Å². The molecule has 1 aliphatic rings. The fraction of sp³-hybridized carbons (Fsp3) is 0.400. The summed E-state index contributed by atoms with van der Waals surface area (Å²) in [6, 6.07) is 17.5. The van der Waals surface area contributed by atoms with Crippen molar-refractivity contribution in [3.63, 3.8) is 0 Å². The highest BCUT2D eigenvalue weighted by Gasteiger charge is 2.27. The van der Waals surface area contributed by atoms with E-state index in [9.17, 15) is 5.11 Å². The van der Waals surface area contributed by atoms with E-state index in [0.717, 1.165) is 44.8 Å². The van der Waals surface area contributed by atoms with Crippen LogP contribution in [0.2, 0.25) is 0 Å². The van der Waals surface area contributed by atoms with Gasteiger partial charge in [0.1, 0.15) is 0 Å². The fourth-order valence-corrected chi connectivity index (χ4v) is 4.45. The molecule has 5 nitrogen and oxygen atoms in total. The van der Waals surface area contributed by atoms with Crippen molar-refractivity contribution >= 4 is 0 Å². The van der Waals surface area contributed by atoms with Gasteiger partial charge < -0.3 is 5.11 Å². The van der Waals surface area contributed by atoms with E-state index in [1.54, 1.807) is 0 Å². The summed E-state index contributed by atoms with van der Waals surface area (Å²) >= 11 is 0. The Morgan fingerprint density at radius 2 is 1.87 bits per heavy atom. The van der Waals surface area contributed by atoms with Crippen LogP contribution in [0.4, 0.5) is 0 Å². The quantitative estimate of drug-likeness (QED) is 0.654. The first-order valence-electron chi connectivity index (χ1n) is 10.9. The molecule has 1 saturated heterocycles. The summed E-state index contributed by atoms with van der Waals surface area (Å²) < 4.78 is 1.95. The van der Waals surface area contributed by atoms with Crippen molar-refractivity contribution in [2.45, 2.75) is 39.4 Å². The van der Waals surface area contributed by atoms with Gasteiger partial charge in [0, 0.05) is 57.8 Å². The minimum Gasteiger partial charge on any atom is -0.396 e. The predicted octanol–water partition coefficient (Wildman–Crippen LogP) is 3.56. The van der Waals surface area contributed by atoms with E-state index in [-0.39, 0.29) is 6.61 Å². The van der Waals surface area contributed by atoms with Gasteiger partial charge in [-0.2, -0.15) is 5.10 Å². The van der Waals surface area contributed by atoms with E-state index >= 15 is 0 Å². The van der Waals surface area contributed by atoms with Gasteiger partial charge in [-0.1, -0.05) is 42.0 Å². The van der Waals surface area contributed by atoms with Crippen molar-refractivity contribution in [3.8, 4) is 5.69 Å². The van der Waals surface area contributed by atoms with Crippen molar-refractivity contribution in [3.05, 3.63) is 83.2 Å². The predicted molar refractivity (Wildman–Crippen MR) is 121 cm³/mol. The molecule has 1 aliphatic heterocycles. The highest BCUT2D eigenvalue weighted by Crippen LogP contribution is 2.23. The molecule has 0 unspecified atom stereocenters. The molecule has 0 bridgehead atoms. The van der Waals surface area contributed by atoms with Crippen LogP contribution in [0.5, 0.6) is 0 Å². The molecule has 0 radical (unpaired) electrons. The number of aliphatic hydroxyl groups is 1. The van der Waals surface area contributed by atoms with Crippen LogP contribution in [0.1, 0.15) is 28.7 Å². The summed E-state index contributed by atoms with van der Waals surface area (Å²) in [7, 11) is 0. The Bertz CT molecular complexity index is 954. The second kappa shape index (κ2) is 9.56. The van der Waals surface area contributed by atoms with E-state index in [0.29, 0.717) is 6.04 Å². The third kappa shape index (κ3) is 4.81. The standard InChI is InChI=1S/C25H32N4O/c1-20-8-9-25(29-12-5-11-26-29)23(16-20)17-27-13-14-28(24(19-27)10-15-30)18-22-7-4-3-6-21(22)2/h3-9,11-12,16,24,30H,10,13-15,17-19H2,1-2H3/t24-/m1/s1. The van der Waals surface area contributed by atoms with E-state index < -0.39 is 0 Å². The number of hydrogen-bond donors (Lipinski definition) is 1. The molecule has 2 heterocycles. The first-order chi connectivity index (χ1) is 14.6. The first kappa shape index (κ1) is 20.8. The van der Waals surface area contributed by atoms with Crippen LogP contribution in [-0.2, 0) is 13.1 Å². The maximum Gasteiger partial charge on any atom is 0.0690 e. The first-order valence-corrected chi connectivity index (χ1v) is 10.9. The summed E-state index contributed by atoms with van der Waals surface area (Å²) in [5.41, 5.74) is 6.44. The second-order valence-electron chi connectivity index (χ2n) is 8.38. The van der Waals surface area contributed by atoms with Gasteiger partial charge in [-0.25, -0.2) is 4.68 Å². The fourth-order valence-electron chi connectivity index (χ4n) is 4.45. The third-order valence-corrected chi connectivity index (χ3v) is 6.17. The number of aryl methyl sites for hydroxylation is 2. The van der Waals surface area contributed by atoms with Crippen molar-refractivity contribution in [1.29, 1.82) is 0 Å². The average Bonchev–Trinajstić information content (AvgIpc) is 3.26. The van der Waals surface area contributed by atoms with Gasteiger partial charge in [0.25, 0.3) is 0 Å². The minimum atomic E-state index is 0.228. The normalized spacial score (nSPS) is 18.0. The molecule has 4 rings (SSSR count). The Kier molecular flexibility index (Phi) is 6.62. The summed E-state index contributed by atoms with van der Waals surface area (Å²) in [6.45, 7) is 9.42. The molecule has 158 valence electrons. The summed E-state index contributed by atoms with van der Waals surface area (Å²) in [4.78, 5) is 5.07. The molecule has 0 aliphatic carbocycles. The number of piperazine rings is 1. The molecule has 3 aromatic rings. The molecule has 5 heteroatoms. The molecular formula is C25H32N4O. The number of rotatable bonds is 7. The zero-order valence-electron chi connectivity index (χ0n) is 18.0. The van der Waals surface area contributed by atoms with Gasteiger partial charge in [0.05, 0.1) is 5.69 Å². The third-order valence-electron chi connectivity index (χ3n) is 6.17. The van der Waals surface area contributed by atoms with Gasteiger partial charge in [-0.3, -0.25) is 9.80 Å². The topological polar surface area (TPSA) is 44.5 Å². The Morgan fingerprint density at radius 3 is 2.63 bits per heavy atom. The summed E-state index contributed by atoms with van der Waals surface area (Å²) in [5, 5.41) is 14.1. The smallest absolute Gasteiger partial charge is 0.0690 e. The monoisotopic (exact) mass is 404 g/mol. The maximum absolute atomic E-state index is 9.68. The molecule has 30 heavy (non-hydrogen) atoms. The van der Waals surface area contributed by atoms with Crippen LogP contribution < -0.4 is 0 Å². The van der Waals surface area contributed by atoms with Crippen LogP contribution >= 0.6 is 0 Å². The molecule has 1 aromatic heterocycles. The van der Waals surface area contributed by atoms with Gasteiger partial charge in [-0.15, -0.1) is 0 Å². The molecule has 1 atom stereocenters. The Morgan fingerprint density at radius 1 is 1.00 bits per heavy atom. The Balaban J connectivity index is 1.49. The Hall–Kier alpha value is -2.47. The van der Waals surface area contributed by atoms with Gasteiger partial charge in [-0.05, 0) is 49.1 Å². The maximum atomic E-state index is 9.68. The van der Waals surface area contributed by atoms with Gasteiger partial charge in [0.2, 0.25) is 0 Å². The average molecular weight is 405 g/mol. The number of nitrogens with zero attached hydrogens (tertiary/aromatic N) is 4. The van der Waals surface area contributed by atoms with E-state index in [1.807, 2.05) is 23.1 Å². The highest BCUT2D eigenvalue weighted by atomic mass is 16.3. The molecule has 2 aromatic carbocycles. The number of aromatic nitrogens is 2. The van der Waals surface area contributed by atoms with Crippen molar-refractivity contribution < 1.29 is 5.11 Å². The van der Waals surface area contributed by atoms with Crippen LogP contribution in [0.15, 0.2) is 60.9 Å². The largest absolute Gasteiger partial charge is 0.396 e. The second-order valence-corrected chi connectivity index (χ2v) is 8.38. The number of aliphatic hydroxyl groups excluding tert-OH is 1. The van der Waals surface area contributed by atoms with Crippen LogP contribution in [0.3, 0.4) is 0 Å². The molecule has 0 amide bonds. The Labute approximate surface area is 179 Å². The SMILES string of the molecule is Cc1ccc(-n2cccn2)c(CN2CCN(Cc3ccccc3C)[C@H](CCO)C2)c1. The lowest BCUT2D eigenvalue weighted by atomic mass is 10.0. The van der Waals surface area contributed by atoms with E-state index in [1.165, 1.54) is 22.3 Å². The lowest BCUT2D eigenvalue weighted by Gasteiger charge is -2.42. The van der Waals surface area contributed by atoms with Crippen molar-refractivity contribution in [1.82, 2.24) is 19.6 Å². The van der Waals surface area contributed by atoms with Crippen molar-refractivity contribution in [2.75, 3.05) is 26.2 Å². The molecule has 0 spiro atoms. The van der Waals surface area contributed by atoms with Gasteiger partial charge >= 0.3 is 0 Å². The van der Waals surface area contributed by atoms with E-state index in [2.05, 4.69) is 71.2 Å². The highest BCUT2D eigenvalue weighted by molar-refractivity contribution is 5.42. The lowest BCUT2D eigenvalue weighted by molar-refractivity contribution is 0.0498. The zero-order valence-corrected chi connectivity index (χ0v) is 18.0. The summed E-state index contributed by atoms with van der Waals surface area (Å²) in [5.74, 6) is 0. The molecule has 1 fully saturated rings. The minimum absolute atomic E-state index is 0.228. The lowest BCUT2D eigenvalue weighted by Crippen LogP contribution is -2.52. The van der Waals surface area contributed by atoms with E-state index in [4.69, 9.17) is 0 Å². The van der Waals surface area contributed by atoms with Crippen molar-refractivity contribution in [2.24, 2.45) is 0 Å². The zero-order chi connectivity index (χ0) is 20.9. The summed E-state index contributed by atoms with van der Waals surface area (Å²) in [6.07, 6.45) is 4.64. The van der Waals surface area contributed by atoms with Gasteiger partial charge in [0.15, 0.2) is 0 Å². The molecule has 0 saturated carbocycles.